The van der Waals surface area contributed by atoms with Gasteiger partial charge in [-0.15, -0.1) is 0 Å². The molecule has 0 radical (unpaired) electrons. The lowest BCUT2D eigenvalue weighted by atomic mass is 10.1. The second kappa shape index (κ2) is 8.19. The number of nitrogens with zero attached hydrogens (tertiary/aromatic N) is 4. The predicted octanol–water partition coefficient (Wildman–Crippen LogP) is 5.64. The minimum absolute atomic E-state index is 0.00790. The molecule has 150 valence electrons. The van der Waals surface area contributed by atoms with Crippen LogP contribution in [0.15, 0.2) is 48.8 Å². The summed E-state index contributed by atoms with van der Waals surface area (Å²) in [5.41, 5.74) is 3.71. The minimum atomic E-state index is -0.512. The van der Waals surface area contributed by atoms with E-state index in [0.717, 1.165) is 16.8 Å². The molecule has 0 unspecified atom stereocenters. The molecule has 0 saturated heterocycles. The van der Waals surface area contributed by atoms with Crippen LogP contribution in [0.25, 0.3) is 10.9 Å². The van der Waals surface area contributed by atoms with E-state index in [-0.39, 0.29) is 5.02 Å². The highest BCUT2D eigenvalue weighted by Gasteiger charge is 2.12. The molecule has 0 aliphatic heterocycles. The van der Waals surface area contributed by atoms with Crippen LogP contribution in [0.1, 0.15) is 11.3 Å². The van der Waals surface area contributed by atoms with E-state index in [1.807, 2.05) is 18.2 Å². The first kappa shape index (κ1) is 20.0. The molecular weight excluding hydrogens is 426 g/mol. The minimum Gasteiger partial charge on any atom is -0.379 e. The third-order valence-corrected chi connectivity index (χ3v) is 5.10. The van der Waals surface area contributed by atoms with Crippen LogP contribution in [0.2, 0.25) is 10.0 Å². The number of rotatable bonds is 5. The highest BCUT2D eigenvalue weighted by atomic mass is 35.5. The summed E-state index contributed by atoms with van der Waals surface area (Å²) in [6, 6.07) is 12.0. The van der Waals surface area contributed by atoms with Crippen LogP contribution < -0.4 is 10.6 Å². The Hall–Kier alpha value is -3.34. The third-order valence-electron chi connectivity index (χ3n) is 4.49. The molecule has 2 heterocycles. The second-order valence-electron chi connectivity index (χ2n) is 6.60. The van der Waals surface area contributed by atoms with Crippen molar-refractivity contribution in [1.82, 2.24) is 14.8 Å². The van der Waals surface area contributed by atoms with E-state index < -0.39 is 5.82 Å². The topological polar surface area (TPSA) is 78.6 Å². The van der Waals surface area contributed by atoms with Gasteiger partial charge in [0, 0.05) is 36.2 Å². The lowest BCUT2D eigenvalue weighted by Gasteiger charge is -2.13. The fourth-order valence-electron chi connectivity index (χ4n) is 3.05. The van der Waals surface area contributed by atoms with Gasteiger partial charge in [0.15, 0.2) is 0 Å². The van der Waals surface area contributed by atoms with Crippen molar-refractivity contribution in [2.45, 2.75) is 6.54 Å². The zero-order valence-corrected chi connectivity index (χ0v) is 17.3. The SMILES string of the molecule is Cn1cc(Cl)c(CNc2ccc3ncc(C#N)c(Nc4ccc(F)c(Cl)c4)c3c2)n1. The van der Waals surface area contributed by atoms with Crippen molar-refractivity contribution in [3.05, 3.63) is 75.9 Å². The summed E-state index contributed by atoms with van der Waals surface area (Å²) in [6.45, 7) is 0.437. The Morgan fingerprint density at radius 3 is 2.63 bits per heavy atom. The molecule has 0 atom stereocenters. The van der Waals surface area contributed by atoms with Gasteiger partial charge in [0.05, 0.1) is 33.4 Å². The Bertz CT molecular complexity index is 1290. The van der Waals surface area contributed by atoms with Gasteiger partial charge in [0.2, 0.25) is 0 Å². The fourth-order valence-corrected chi connectivity index (χ4v) is 3.48. The van der Waals surface area contributed by atoms with Crippen molar-refractivity contribution >= 4 is 51.2 Å². The zero-order valence-electron chi connectivity index (χ0n) is 15.7. The van der Waals surface area contributed by atoms with Crippen molar-refractivity contribution in [2.24, 2.45) is 7.05 Å². The summed E-state index contributed by atoms with van der Waals surface area (Å²) < 4.78 is 15.1. The maximum absolute atomic E-state index is 13.5. The molecule has 0 aliphatic rings. The second-order valence-corrected chi connectivity index (χ2v) is 7.41. The van der Waals surface area contributed by atoms with Gasteiger partial charge in [-0.25, -0.2) is 4.39 Å². The lowest BCUT2D eigenvalue weighted by molar-refractivity contribution is 0.628. The first-order chi connectivity index (χ1) is 14.4. The smallest absolute Gasteiger partial charge is 0.141 e. The van der Waals surface area contributed by atoms with Crippen molar-refractivity contribution in [3.8, 4) is 6.07 Å². The van der Waals surface area contributed by atoms with Gasteiger partial charge in [-0.05, 0) is 36.4 Å². The average molecular weight is 441 g/mol. The van der Waals surface area contributed by atoms with E-state index >= 15 is 0 Å². The molecule has 2 aromatic carbocycles. The average Bonchev–Trinajstić information content (AvgIpc) is 3.06. The first-order valence-corrected chi connectivity index (χ1v) is 9.67. The summed E-state index contributed by atoms with van der Waals surface area (Å²) in [6.07, 6.45) is 3.23. The van der Waals surface area contributed by atoms with E-state index in [2.05, 4.69) is 26.8 Å². The maximum Gasteiger partial charge on any atom is 0.141 e. The Morgan fingerprint density at radius 2 is 1.93 bits per heavy atom. The molecule has 9 heteroatoms. The van der Waals surface area contributed by atoms with Crippen LogP contribution in [-0.4, -0.2) is 14.8 Å². The van der Waals surface area contributed by atoms with Gasteiger partial charge in [-0.1, -0.05) is 23.2 Å². The molecule has 4 rings (SSSR count). The van der Waals surface area contributed by atoms with Crippen LogP contribution in [0.4, 0.5) is 21.5 Å². The molecule has 30 heavy (non-hydrogen) atoms. The fraction of sp³-hybridized carbons (Fsp3) is 0.0952. The van der Waals surface area contributed by atoms with Crippen molar-refractivity contribution in [2.75, 3.05) is 10.6 Å². The van der Waals surface area contributed by atoms with E-state index in [9.17, 15) is 9.65 Å². The van der Waals surface area contributed by atoms with Gasteiger partial charge in [-0.3, -0.25) is 9.67 Å². The van der Waals surface area contributed by atoms with E-state index in [1.165, 1.54) is 18.3 Å². The zero-order chi connectivity index (χ0) is 21.3. The number of nitriles is 1. The van der Waals surface area contributed by atoms with Crippen molar-refractivity contribution in [1.29, 1.82) is 5.26 Å². The summed E-state index contributed by atoms with van der Waals surface area (Å²) in [5.74, 6) is -0.512. The van der Waals surface area contributed by atoms with Crippen LogP contribution in [0, 0.1) is 17.1 Å². The molecule has 0 amide bonds. The normalized spacial score (nSPS) is 10.8. The van der Waals surface area contributed by atoms with Gasteiger partial charge in [-0.2, -0.15) is 10.4 Å². The Morgan fingerprint density at radius 1 is 1.13 bits per heavy atom. The van der Waals surface area contributed by atoms with E-state index in [0.29, 0.717) is 34.0 Å². The number of halogens is 3. The Balaban J connectivity index is 1.70. The van der Waals surface area contributed by atoms with Crippen molar-refractivity contribution in [3.63, 3.8) is 0 Å². The van der Waals surface area contributed by atoms with Gasteiger partial charge in [0.1, 0.15) is 17.6 Å². The molecule has 0 bridgehead atoms. The highest BCUT2D eigenvalue weighted by Crippen LogP contribution is 2.32. The van der Waals surface area contributed by atoms with E-state index in [1.54, 1.807) is 24.0 Å². The molecule has 0 aliphatic carbocycles. The summed E-state index contributed by atoms with van der Waals surface area (Å²) >= 11 is 12.1. The number of benzene rings is 2. The van der Waals surface area contributed by atoms with Crippen LogP contribution in [0.5, 0.6) is 0 Å². The number of fused-ring (bicyclic) bond motifs is 1. The number of hydrogen-bond donors (Lipinski definition) is 2. The summed E-state index contributed by atoms with van der Waals surface area (Å²) in [7, 11) is 1.81. The number of anilines is 3. The summed E-state index contributed by atoms with van der Waals surface area (Å²) in [4.78, 5) is 4.35. The predicted molar refractivity (Wildman–Crippen MR) is 117 cm³/mol. The first-order valence-electron chi connectivity index (χ1n) is 8.91. The maximum atomic E-state index is 13.5. The summed E-state index contributed by atoms with van der Waals surface area (Å²) in [5, 5.41) is 21.6. The van der Waals surface area contributed by atoms with Crippen LogP contribution in [0.3, 0.4) is 0 Å². The molecule has 2 aromatic heterocycles. The highest BCUT2D eigenvalue weighted by molar-refractivity contribution is 6.31. The molecule has 4 aromatic rings. The van der Waals surface area contributed by atoms with Gasteiger partial charge < -0.3 is 10.6 Å². The number of aromatic nitrogens is 3. The number of nitrogens with one attached hydrogen (secondary N) is 2. The third kappa shape index (κ3) is 4.01. The number of aryl methyl sites for hydroxylation is 1. The van der Waals surface area contributed by atoms with Gasteiger partial charge >= 0.3 is 0 Å². The Labute approximate surface area is 181 Å². The lowest BCUT2D eigenvalue weighted by Crippen LogP contribution is -2.02. The molecule has 0 fully saturated rings. The molecule has 0 saturated carbocycles. The van der Waals surface area contributed by atoms with Crippen molar-refractivity contribution < 1.29 is 4.39 Å². The molecular formula is C21H15Cl2FN6. The largest absolute Gasteiger partial charge is 0.379 e. The van der Waals surface area contributed by atoms with Crippen LogP contribution >= 0.6 is 23.2 Å². The monoisotopic (exact) mass is 440 g/mol. The van der Waals surface area contributed by atoms with Crippen LogP contribution in [-0.2, 0) is 13.6 Å². The quantitative estimate of drug-likeness (QED) is 0.419. The molecule has 0 spiro atoms. The molecule has 6 nitrogen and oxygen atoms in total. The van der Waals surface area contributed by atoms with E-state index in [4.69, 9.17) is 23.2 Å². The number of hydrogen-bond acceptors (Lipinski definition) is 5. The number of pyridine rings is 1. The Kier molecular flexibility index (Phi) is 5.44. The van der Waals surface area contributed by atoms with Gasteiger partial charge in [0.25, 0.3) is 0 Å². The molecule has 2 N–H and O–H groups in total. The standard InChI is InChI=1S/C21H15Cl2FN6/c1-30-11-17(23)20(29-30)10-26-13-3-5-19-15(6-13)21(12(8-25)9-27-19)28-14-2-4-18(24)16(22)7-14/h2-7,9,11,26H,10H2,1H3,(H,27,28).